The Labute approximate surface area is 143 Å². The molecular weight excluding hydrogens is 324 g/mol. The highest BCUT2D eigenvalue weighted by Crippen LogP contribution is 2.20. The van der Waals surface area contributed by atoms with Crippen LogP contribution in [0.5, 0.6) is 0 Å². The summed E-state index contributed by atoms with van der Waals surface area (Å²) < 4.78 is 33.2. The average Bonchev–Trinajstić information content (AvgIpc) is 3.07. The summed E-state index contributed by atoms with van der Waals surface area (Å²) in [6, 6.07) is 11.0. The van der Waals surface area contributed by atoms with Crippen LogP contribution in [0.2, 0.25) is 0 Å². The maximum absolute atomic E-state index is 12.5. The molecular formula is C18H24N2O3S. The number of nitrogens with one attached hydrogen (secondary N) is 1. The van der Waals surface area contributed by atoms with Gasteiger partial charge in [0.25, 0.3) is 0 Å². The summed E-state index contributed by atoms with van der Waals surface area (Å²) in [4.78, 5) is 2.70. The molecule has 3 rings (SSSR count). The van der Waals surface area contributed by atoms with Crippen LogP contribution in [-0.4, -0.2) is 33.0 Å². The summed E-state index contributed by atoms with van der Waals surface area (Å²) in [7, 11) is -3.44. The van der Waals surface area contributed by atoms with Crippen LogP contribution in [0.3, 0.4) is 0 Å². The van der Waals surface area contributed by atoms with Crippen LogP contribution in [0.15, 0.2) is 52.0 Å². The maximum atomic E-state index is 12.5. The molecule has 6 heteroatoms. The third-order valence-electron chi connectivity index (χ3n) is 4.51. The second-order valence-electron chi connectivity index (χ2n) is 6.44. The Morgan fingerprint density at radius 2 is 2.08 bits per heavy atom. The molecule has 1 fully saturated rings. The molecule has 1 N–H and O–H groups in total. The quantitative estimate of drug-likeness (QED) is 0.872. The molecule has 0 unspecified atom stereocenters. The van der Waals surface area contributed by atoms with Gasteiger partial charge in [-0.2, -0.15) is 0 Å². The fraction of sp³-hybridized carbons (Fsp3) is 0.444. The Hall–Kier alpha value is -1.63. The van der Waals surface area contributed by atoms with Gasteiger partial charge in [0.1, 0.15) is 5.76 Å². The lowest BCUT2D eigenvalue weighted by atomic mass is 9.98. The number of furan rings is 1. The molecule has 0 radical (unpaired) electrons. The predicted octanol–water partition coefficient (Wildman–Crippen LogP) is 2.78. The van der Waals surface area contributed by atoms with Crippen LogP contribution in [0.1, 0.15) is 24.2 Å². The van der Waals surface area contributed by atoms with Crippen molar-refractivity contribution in [2.45, 2.75) is 31.2 Å². The molecule has 0 aliphatic carbocycles. The summed E-state index contributed by atoms with van der Waals surface area (Å²) in [5.41, 5.74) is 0.771. The highest BCUT2D eigenvalue weighted by Gasteiger charge is 2.23. The van der Waals surface area contributed by atoms with Crippen molar-refractivity contribution in [3.8, 4) is 0 Å². The van der Waals surface area contributed by atoms with Gasteiger partial charge in [0.15, 0.2) is 0 Å². The van der Waals surface area contributed by atoms with Gasteiger partial charge in [-0.3, -0.25) is 4.90 Å². The number of likely N-dealkylation sites (tertiary alicyclic amines) is 1. The maximum Gasteiger partial charge on any atom is 0.240 e. The van der Waals surface area contributed by atoms with Crippen LogP contribution < -0.4 is 4.72 Å². The normalized spacial score (nSPS) is 19.5. The first kappa shape index (κ1) is 17.2. The fourth-order valence-electron chi connectivity index (χ4n) is 3.25. The minimum atomic E-state index is -3.44. The summed E-state index contributed by atoms with van der Waals surface area (Å²) in [6.07, 6.45) is 3.81. The van der Waals surface area contributed by atoms with E-state index >= 15 is 0 Å². The van der Waals surface area contributed by atoms with Gasteiger partial charge < -0.3 is 4.42 Å². The first-order valence-corrected chi connectivity index (χ1v) is 9.83. The Bertz CT molecular complexity index is 756. The van der Waals surface area contributed by atoms with Crippen LogP contribution in [0.25, 0.3) is 0 Å². The van der Waals surface area contributed by atoms with E-state index in [0.717, 1.165) is 43.8 Å². The van der Waals surface area contributed by atoms with Crippen molar-refractivity contribution in [2.75, 3.05) is 19.6 Å². The molecule has 2 aromatic rings. The van der Waals surface area contributed by atoms with Crippen molar-refractivity contribution in [3.05, 3.63) is 54.0 Å². The molecule has 0 spiro atoms. The van der Waals surface area contributed by atoms with Gasteiger partial charge in [0.2, 0.25) is 10.0 Å². The highest BCUT2D eigenvalue weighted by atomic mass is 32.2. The first-order valence-electron chi connectivity index (χ1n) is 8.34. The summed E-state index contributed by atoms with van der Waals surface area (Å²) in [5.74, 6) is 1.28. The van der Waals surface area contributed by atoms with E-state index in [1.54, 1.807) is 18.4 Å². The van der Waals surface area contributed by atoms with Gasteiger partial charge in [-0.25, -0.2) is 13.1 Å². The highest BCUT2D eigenvalue weighted by molar-refractivity contribution is 7.89. The molecule has 0 bridgehead atoms. The zero-order chi connectivity index (χ0) is 17.0. The Morgan fingerprint density at radius 3 is 2.83 bits per heavy atom. The topological polar surface area (TPSA) is 62.6 Å². The zero-order valence-corrected chi connectivity index (χ0v) is 14.8. The number of nitrogens with zero attached hydrogens (tertiary/aromatic N) is 1. The predicted molar refractivity (Wildman–Crippen MR) is 93.1 cm³/mol. The molecule has 130 valence electrons. The molecule has 1 aliphatic heterocycles. The Balaban J connectivity index is 1.57. The van der Waals surface area contributed by atoms with Crippen LogP contribution in [0, 0.1) is 12.8 Å². The second-order valence-corrected chi connectivity index (χ2v) is 8.18. The number of hydrogen-bond acceptors (Lipinski definition) is 4. The van der Waals surface area contributed by atoms with E-state index in [4.69, 9.17) is 4.42 Å². The Kier molecular flexibility index (Phi) is 5.38. The molecule has 2 heterocycles. The molecule has 1 aromatic carbocycles. The van der Waals surface area contributed by atoms with Crippen molar-refractivity contribution in [3.63, 3.8) is 0 Å². The van der Waals surface area contributed by atoms with E-state index < -0.39 is 10.0 Å². The van der Waals surface area contributed by atoms with Crippen molar-refractivity contribution >= 4 is 10.0 Å². The average molecular weight is 348 g/mol. The van der Waals surface area contributed by atoms with E-state index in [2.05, 4.69) is 9.62 Å². The number of rotatable bonds is 6. The SMILES string of the molecule is Cc1ccccc1S(=O)(=O)NC[C@@H]1CCCN(Cc2ccco2)C1. The van der Waals surface area contributed by atoms with Gasteiger partial charge >= 0.3 is 0 Å². The number of hydrogen-bond donors (Lipinski definition) is 1. The van der Waals surface area contributed by atoms with Gasteiger partial charge in [-0.15, -0.1) is 0 Å². The molecule has 0 amide bonds. The summed E-state index contributed by atoms with van der Waals surface area (Å²) in [6.45, 7) is 5.00. The first-order chi connectivity index (χ1) is 11.5. The van der Waals surface area contributed by atoms with Crippen molar-refractivity contribution in [1.29, 1.82) is 0 Å². The minimum Gasteiger partial charge on any atom is -0.468 e. The molecule has 1 aliphatic rings. The lowest BCUT2D eigenvalue weighted by Crippen LogP contribution is -2.40. The van der Waals surface area contributed by atoms with Gasteiger partial charge in [-0.1, -0.05) is 18.2 Å². The van der Waals surface area contributed by atoms with Gasteiger partial charge in [0.05, 0.1) is 17.7 Å². The molecule has 1 atom stereocenters. The third-order valence-corrected chi connectivity index (χ3v) is 6.09. The van der Waals surface area contributed by atoms with Crippen molar-refractivity contribution < 1.29 is 12.8 Å². The third kappa shape index (κ3) is 4.26. The molecule has 5 nitrogen and oxygen atoms in total. The number of sulfonamides is 1. The molecule has 1 saturated heterocycles. The van der Waals surface area contributed by atoms with E-state index in [1.807, 2.05) is 31.2 Å². The monoisotopic (exact) mass is 348 g/mol. The lowest BCUT2D eigenvalue weighted by molar-refractivity contribution is 0.158. The van der Waals surface area contributed by atoms with Crippen LogP contribution >= 0.6 is 0 Å². The molecule has 24 heavy (non-hydrogen) atoms. The van der Waals surface area contributed by atoms with E-state index in [9.17, 15) is 8.42 Å². The number of piperidine rings is 1. The molecule has 1 aromatic heterocycles. The van der Waals surface area contributed by atoms with Crippen molar-refractivity contribution in [1.82, 2.24) is 9.62 Å². The van der Waals surface area contributed by atoms with Crippen LogP contribution in [-0.2, 0) is 16.6 Å². The zero-order valence-electron chi connectivity index (χ0n) is 13.9. The van der Waals surface area contributed by atoms with Crippen LogP contribution in [0.4, 0.5) is 0 Å². The fourth-order valence-corrected chi connectivity index (χ4v) is 4.61. The summed E-state index contributed by atoms with van der Waals surface area (Å²) >= 11 is 0. The lowest BCUT2D eigenvalue weighted by Gasteiger charge is -2.32. The van der Waals surface area contributed by atoms with E-state index in [-0.39, 0.29) is 0 Å². The van der Waals surface area contributed by atoms with Crippen molar-refractivity contribution in [2.24, 2.45) is 5.92 Å². The second kappa shape index (κ2) is 7.51. The standard InChI is InChI=1S/C18H24N2O3S/c1-15-6-2-3-9-18(15)24(21,22)19-12-16-7-4-10-20(13-16)14-17-8-5-11-23-17/h2-3,5-6,8-9,11,16,19H,4,7,10,12-14H2,1H3/t16-/m0/s1. The van der Waals surface area contributed by atoms with E-state index in [1.165, 1.54) is 0 Å². The molecule has 0 saturated carbocycles. The largest absolute Gasteiger partial charge is 0.468 e. The summed E-state index contributed by atoms with van der Waals surface area (Å²) in [5, 5.41) is 0. The minimum absolute atomic E-state index is 0.326. The number of benzene rings is 1. The Morgan fingerprint density at radius 1 is 1.25 bits per heavy atom. The van der Waals surface area contributed by atoms with Gasteiger partial charge in [-0.05, 0) is 56.0 Å². The smallest absolute Gasteiger partial charge is 0.240 e. The van der Waals surface area contributed by atoms with E-state index in [0.29, 0.717) is 17.4 Å². The number of aryl methyl sites for hydroxylation is 1. The van der Waals surface area contributed by atoms with Gasteiger partial charge in [0, 0.05) is 13.1 Å².